The Labute approximate surface area is 92.7 Å². The van der Waals surface area contributed by atoms with Crippen molar-refractivity contribution in [3.05, 3.63) is 54.1 Å². The highest BCUT2D eigenvalue weighted by molar-refractivity contribution is 5.68. The molecule has 0 saturated heterocycles. The fourth-order valence-corrected chi connectivity index (χ4v) is 1.56. The molecule has 3 heteroatoms. The molecule has 0 atom stereocenters. The van der Waals surface area contributed by atoms with E-state index < -0.39 is 0 Å². The van der Waals surface area contributed by atoms with Gasteiger partial charge in [-0.05, 0) is 35.9 Å². The molecule has 0 bridgehead atoms. The van der Waals surface area contributed by atoms with Crippen molar-refractivity contribution >= 4 is 5.69 Å². The number of halogens is 2. The Morgan fingerprint density at radius 3 is 2.50 bits per heavy atom. The normalized spacial score (nSPS) is 10.2. The van der Waals surface area contributed by atoms with Gasteiger partial charge in [-0.1, -0.05) is 12.1 Å². The number of hydrogen-bond donors (Lipinski definition) is 1. The van der Waals surface area contributed by atoms with Crippen molar-refractivity contribution in [2.24, 2.45) is 0 Å². The Balaban J connectivity index is 2.54. The lowest BCUT2D eigenvalue weighted by Crippen LogP contribution is -1.91. The van der Waals surface area contributed by atoms with Crippen molar-refractivity contribution in [1.29, 1.82) is 0 Å². The first-order chi connectivity index (χ1) is 7.70. The lowest BCUT2D eigenvalue weighted by atomic mass is 10.0. The summed E-state index contributed by atoms with van der Waals surface area (Å²) in [6, 6.07) is 10.6. The number of benzene rings is 2. The molecule has 82 valence electrons. The van der Waals surface area contributed by atoms with Gasteiger partial charge in [-0.3, -0.25) is 0 Å². The summed E-state index contributed by atoms with van der Waals surface area (Å²) in [4.78, 5) is 0. The molecule has 2 aromatic rings. The molecule has 1 N–H and O–H groups in total. The maximum Gasteiger partial charge on any atom is 0.131 e. The van der Waals surface area contributed by atoms with Crippen LogP contribution in [0.2, 0.25) is 0 Å². The summed E-state index contributed by atoms with van der Waals surface area (Å²) in [5, 5.41) is 2.92. The Morgan fingerprint density at radius 2 is 1.81 bits per heavy atom. The minimum Gasteiger partial charge on any atom is -0.388 e. The fourth-order valence-electron chi connectivity index (χ4n) is 1.56. The fraction of sp³-hybridized carbons (Fsp3) is 0.0769. The standard InChI is InChI=1S/C13H11F2N/c1-16-11-5-6-13(15)12(8-11)9-3-2-4-10(14)7-9/h2-8,16H,1H3. The van der Waals surface area contributed by atoms with E-state index in [-0.39, 0.29) is 11.6 Å². The second-order valence-corrected chi connectivity index (χ2v) is 3.45. The van der Waals surface area contributed by atoms with E-state index in [9.17, 15) is 8.78 Å². The molecule has 0 unspecified atom stereocenters. The van der Waals surface area contributed by atoms with Gasteiger partial charge in [-0.25, -0.2) is 8.78 Å². The van der Waals surface area contributed by atoms with E-state index in [0.717, 1.165) is 5.69 Å². The average molecular weight is 219 g/mol. The van der Waals surface area contributed by atoms with Crippen molar-refractivity contribution in [3.8, 4) is 11.1 Å². The zero-order chi connectivity index (χ0) is 11.5. The van der Waals surface area contributed by atoms with Crippen LogP contribution < -0.4 is 5.32 Å². The van der Waals surface area contributed by atoms with Crippen molar-refractivity contribution in [1.82, 2.24) is 0 Å². The summed E-state index contributed by atoms with van der Waals surface area (Å²) in [7, 11) is 1.75. The SMILES string of the molecule is CNc1ccc(F)c(-c2cccc(F)c2)c1. The molecule has 0 amide bonds. The van der Waals surface area contributed by atoms with Gasteiger partial charge in [0, 0.05) is 18.3 Å². The van der Waals surface area contributed by atoms with Crippen LogP contribution in [0.3, 0.4) is 0 Å². The van der Waals surface area contributed by atoms with E-state index in [2.05, 4.69) is 5.32 Å². The van der Waals surface area contributed by atoms with Crippen LogP contribution in [0.5, 0.6) is 0 Å². The van der Waals surface area contributed by atoms with E-state index in [0.29, 0.717) is 11.1 Å². The molecule has 1 nitrogen and oxygen atoms in total. The molecule has 0 saturated carbocycles. The molecule has 2 aromatic carbocycles. The van der Waals surface area contributed by atoms with E-state index in [1.54, 1.807) is 31.3 Å². The van der Waals surface area contributed by atoms with Crippen LogP contribution in [0, 0.1) is 11.6 Å². The van der Waals surface area contributed by atoms with Gasteiger partial charge >= 0.3 is 0 Å². The summed E-state index contributed by atoms with van der Waals surface area (Å²) in [6.45, 7) is 0. The second-order valence-electron chi connectivity index (χ2n) is 3.45. The number of hydrogen-bond acceptors (Lipinski definition) is 1. The smallest absolute Gasteiger partial charge is 0.131 e. The van der Waals surface area contributed by atoms with E-state index in [1.165, 1.54) is 18.2 Å². The molecule has 2 rings (SSSR count). The van der Waals surface area contributed by atoms with Crippen LogP contribution in [-0.2, 0) is 0 Å². The van der Waals surface area contributed by atoms with Crippen LogP contribution in [0.25, 0.3) is 11.1 Å². The Kier molecular flexibility index (Phi) is 2.86. The summed E-state index contributed by atoms with van der Waals surface area (Å²) in [6.07, 6.45) is 0. The van der Waals surface area contributed by atoms with Gasteiger partial charge in [-0.15, -0.1) is 0 Å². The molecule has 0 fully saturated rings. The monoisotopic (exact) mass is 219 g/mol. The van der Waals surface area contributed by atoms with Crippen LogP contribution in [0.1, 0.15) is 0 Å². The number of nitrogens with one attached hydrogen (secondary N) is 1. The topological polar surface area (TPSA) is 12.0 Å². The molecule has 0 heterocycles. The highest BCUT2D eigenvalue weighted by atomic mass is 19.1. The number of anilines is 1. The largest absolute Gasteiger partial charge is 0.388 e. The molecule has 0 spiro atoms. The molecular weight excluding hydrogens is 208 g/mol. The van der Waals surface area contributed by atoms with Gasteiger partial charge in [-0.2, -0.15) is 0 Å². The predicted molar refractivity (Wildman–Crippen MR) is 61.3 cm³/mol. The minimum atomic E-state index is -0.369. The minimum absolute atomic E-state index is 0.357. The molecule has 0 aliphatic rings. The van der Waals surface area contributed by atoms with E-state index >= 15 is 0 Å². The van der Waals surface area contributed by atoms with Crippen LogP contribution in [0.4, 0.5) is 14.5 Å². The zero-order valence-electron chi connectivity index (χ0n) is 8.80. The van der Waals surface area contributed by atoms with E-state index in [1.807, 2.05) is 0 Å². The van der Waals surface area contributed by atoms with Crippen LogP contribution in [0.15, 0.2) is 42.5 Å². The highest BCUT2D eigenvalue weighted by Crippen LogP contribution is 2.26. The van der Waals surface area contributed by atoms with Crippen LogP contribution in [-0.4, -0.2) is 7.05 Å². The predicted octanol–water partition coefficient (Wildman–Crippen LogP) is 3.67. The first-order valence-corrected chi connectivity index (χ1v) is 4.94. The Morgan fingerprint density at radius 1 is 1.00 bits per heavy atom. The van der Waals surface area contributed by atoms with Gasteiger partial charge in [0.05, 0.1) is 0 Å². The van der Waals surface area contributed by atoms with Gasteiger partial charge in [0.15, 0.2) is 0 Å². The lowest BCUT2D eigenvalue weighted by Gasteiger charge is -2.06. The maximum absolute atomic E-state index is 13.6. The molecular formula is C13H11F2N. The summed E-state index contributed by atoms with van der Waals surface area (Å²) in [5.74, 6) is -0.726. The van der Waals surface area contributed by atoms with Crippen molar-refractivity contribution in [2.45, 2.75) is 0 Å². The molecule has 0 aliphatic heterocycles. The zero-order valence-corrected chi connectivity index (χ0v) is 8.80. The third-order valence-electron chi connectivity index (χ3n) is 2.39. The molecule has 16 heavy (non-hydrogen) atoms. The summed E-state index contributed by atoms with van der Waals surface area (Å²) in [5.41, 5.74) is 1.72. The first kappa shape index (κ1) is 10.6. The quantitative estimate of drug-likeness (QED) is 0.812. The average Bonchev–Trinajstić information content (AvgIpc) is 2.30. The van der Waals surface area contributed by atoms with Crippen molar-refractivity contribution in [3.63, 3.8) is 0 Å². The molecule has 0 radical (unpaired) electrons. The lowest BCUT2D eigenvalue weighted by molar-refractivity contribution is 0.625. The Bertz CT molecular complexity index is 509. The Hall–Kier alpha value is -1.90. The van der Waals surface area contributed by atoms with Gasteiger partial charge in [0.25, 0.3) is 0 Å². The third kappa shape index (κ3) is 2.03. The van der Waals surface area contributed by atoms with Crippen LogP contribution >= 0.6 is 0 Å². The molecule has 0 aliphatic carbocycles. The second kappa shape index (κ2) is 4.31. The number of rotatable bonds is 2. The summed E-state index contributed by atoms with van der Waals surface area (Å²) < 4.78 is 26.6. The van der Waals surface area contributed by atoms with Gasteiger partial charge in [0.2, 0.25) is 0 Å². The summed E-state index contributed by atoms with van der Waals surface area (Å²) >= 11 is 0. The third-order valence-corrected chi connectivity index (χ3v) is 2.39. The van der Waals surface area contributed by atoms with Gasteiger partial charge in [0.1, 0.15) is 11.6 Å². The molecule has 0 aromatic heterocycles. The highest BCUT2D eigenvalue weighted by Gasteiger charge is 2.06. The van der Waals surface area contributed by atoms with Gasteiger partial charge < -0.3 is 5.32 Å². The maximum atomic E-state index is 13.6. The first-order valence-electron chi connectivity index (χ1n) is 4.94. The van der Waals surface area contributed by atoms with Crippen molar-refractivity contribution < 1.29 is 8.78 Å². The van der Waals surface area contributed by atoms with Crippen molar-refractivity contribution in [2.75, 3.05) is 12.4 Å². The van der Waals surface area contributed by atoms with E-state index in [4.69, 9.17) is 0 Å².